The Bertz CT molecular complexity index is 168. The molecule has 0 fully saturated rings. The normalized spacial score (nSPS) is 11.3. The third kappa shape index (κ3) is 45.1. The van der Waals surface area contributed by atoms with Gasteiger partial charge in [0.05, 0.1) is 79.3 Å². The van der Waals surface area contributed by atoms with Crippen LogP contribution in [0.3, 0.4) is 0 Å². The van der Waals surface area contributed by atoms with Crippen molar-refractivity contribution in [2.24, 2.45) is 0 Å². The van der Waals surface area contributed by atoms with Crippen LogP contribution in [-0.2, 0) is 14.2 Å². The van der Waals surface area contributed by atoms with Crippen molar-refractivity contribution in [2.75, 3.05) is 79.3 Å². The first-order chi connectivity index (χ1) is 11.7. The third-order valence-electron chi connectivity index (χ3n) is 1.39. The van der Waals surface area contributed by atoms with E-state index in [2.05, 4.69) is 20.1 Å². The van der Waals surface area contributed by atoms with Crippen LogP contribution in [0.15, 0.2) is 0 Å². The van der Waals surface area contributed by atoms with Gasteiger partial charge in [0.2, 0.25) is 4.29 Å². The number of ether oxygens (including phenoxy) is 3. The van der Waals surface area contributed by atoms with Crippen molar-refractivity contribution in [3.8, 4) is 0 Å². The van der Waals surface area contributed by atoms with Crippen LogP contribution in [0.1, 0.15) is 0 Å². The molecular formula is C12H30O9. The molecule has 0 aromatic carbocycles. The van der Waals surface area contributed by atoms with Crippen molar-refractivity contribution in [2.45, 2.75) is 0 Å². The van der Waals surface area contributed by atoms with Gasteiger partial charge in [-0.25, -0.2) is 0 Å². The lowest BCUT2D eigenvalue weighted by atomic mass is 10.7. The van der Waals surface area contributed by atoms with Crippen LogP contribution >= 0.6 is 0 Å². The van der Waals surface area contributed by atoms with Gasteiger partial charge in [-0.15, -0.1) is 0 Å². The molecule has 21 heavy (non-hydrogen) atoms. The number of aliphatic hydroxyl groups is 6. The molecule has 0 heterocycles. The molecule has 0 radical (unpaired) electrons. The molecule has 0 aromatic heterocycles. The van der Waals surface area contributed by atoms with Crippen LogP contribution in [0.5, 0.6) is 0 Å². The minimum absolute atomic E-state index is 0.0258. The van der Waals surface area contributed by atoms with Gasteiger partial charge in [0.15, 0.2) is 0 Å². The summed E-state index contributed by atoms with van der Waals surface area (Å²) < 4.78 is 32.8. The summed E-state index contributed by atoms with van der Waals surface area (Å²) in [5.74, 6) is 0. The Kier molecular flexibility index (Phi) is 28.3. The van der Waals surface area contributed by atoms with Crippen LogP contribution in [0.2, 0.25) is 0 Å². The van der Waals surface area contributed by atoms with Crippen LogP contribution in [0.25, 0.3) is 0 Å². The van der Waals surface area contributed by atoms with Gasteiger partial charge in [0.1, 0.15) is 0 Å². The van der Waals surface area contributed by atoms with Crippen molar-refractivity contribution in [3.05, 3.63) is 0 Å². The van der Waals surface area contributed by atoms with E-state index in [-0.39, 0.29) is 39.6 Å². The zero-order chi connectivity index (χ0) is 18.7. The third-order valence-corrected chi connectivity index (χ3v) is 1.39. The maximum Gasteiger partial charge on any atom is 0.210 e. The summed E-state index contributed by atoms with van der Waals surface area (Å²) in [7, 11) is 0. The van der Waals surface area contributed by atoms with E-state index in [0.717, 1.165) is 0 Å². The highest BCUT2D eigenvalue weighted by atomic mass is 16.5. The molecule has 0 aliphatic rings. The average Bonchev–Trinajstić information content (AvgIpc) is 2.60. The Morgan fingerprint density at radius 1 is 0.476 bits per heavy atom. The number of aliphatic hydroxyl groups excluding tert-OH is 6. The zero-order valence-electron chi connectivity index (χ0n) is 15.3. The van der Waals surface area contributed by atoms with E-state index in [1.807, 2.05) is 0 Å². The molecule has 0 atom stereocenters. The van der Waals surface area contributed by atoms with Crippen LogP contribution < -0.4 is 0 Å². The van der Waals surface area contributed by atoms with Gasteiger partial charge >= 0.3 is 0 Å². The predicted octanol–water partition coefficient (Wildman–Crippen LogP) is -3.04. The van der Waals surface area contributed by atoms with Gasteiger partial charge < -0.3 is 44.9 Å². The van der Waals surface area contributed by atoms with Crippen LogP contribution in [-0.4, -0.2) is 114 Å². The van der Waals surface area contributed by atoms with Gasteiger partial charge in [0.25, 0.3) is 0 Å². The smallest absolute Gasteiger partial charge is 0.210 e. The van der Waals surface area contributed by atoms with Gasteiger partial charge in [-0.05, 0) is 0 Å². The van der Waals surface area contributed by atoms with Crippen LogP contribution in [0.4, 0.5) is 0 Å². The quantitative estimate of drug-likeness (QED) is 0.173. The molecular weight excluding hydrogens is 288 g/mol. The highest BCUT2D eigenvalue weighted by Gasteiger charge is 1.80. The Morgan fingerprint density at radius 2 is 0.714 bits per heavy atom. The first-order valence-corrected chi connectivity index (χ1v) is 6.55. The molecule has 0 aliphatic carbocycles. The van der Waals surface area contributed by atoms with E-state index in [4.69, 9.17) is 29.1 Å². The molecule has 9 nitrogen and oxygen atoms in total. The molecule has 0 saturated carbocycles. The monoisotopic (exact) mass is 324 g/mol. The fourth-order valence-electron chi connectivity index (χ4n) is 0.677. The van der Waals surface area contributed by atoms with Crippen molar-refractivity contribution >= 4 is 0 Å². The van der Waals surface area contributed by atoms with Gasteiger partial charge in [-0.1, -0.05) is 0 Å². The summed E-state index contributed by atoms with van der Waals surface area (Å²) in [4.78, 5) is 0. The lowest BCUT2D eigenvalue weighted by molar-refractivity contribution is 0.0649. The Hall–Kier alpha value is -0.360. The largest absolute Gasteiger partial charge is 0.394 e. The van der Waals surface area contributed by atoms with Crippen molar-refractivity contribution in [1.29, 1.82) is 4.29 Å². The minimum atomic E-state index is 0.0258. The predicted molar refractivity (Wildman–Crippen MR) is 75.0 cm³/mol. The summed E-state index contributed by atoms with van der Waals surface area (Å²) in [6.07, 6.45) is 0. The molecule has 0 aliphatic heterocycles. The molecule has 6 N–H and O–H groups in total. The molecule has 9 heteroatoms. The number of rotatable bonds is 15. The average molecular weight is 324 g/mol. The van der Waals surface area contributed by atoms with Crippen LogP contribution in [0, 0.1) is 0 Å². The van der Waals surface area contributed by atoms with E-state index in [1.165, 1.54) is 0 Å². The molecule has 0 aromatic rings. The molecule has 0 saturated heterocycles. The van der Waals surface area contributed by atoms with E-state index >= 15 is 0 Å². The fourth-order valence-corrected chi connectivity index (χ4v) is 0.677. The molecule has 0 rings (SSSR count). The molecule has 0 amide bonds. The van der Waals surface area contributed by atoms with Crippen molar-refractivity contribution in [1.82, 2.24) is 0 Å². The summed E-state index contributed by atoms with van der Waals surface area (Å²) in [5.41, 5.74) is 0. The second-order valence-corrected chi connectivity index (χ2v) is 3.12. The zero-order valence-corrected chi connectivity index (χ0v) is 12.3. The molecule has 0 spiro atoms. The maximum atomic E-state index is 8.15. The summed E-state index contributed by atoms with van der Waals surface area (Å²) in [6, 6.07) is 0. The lowest BCUT2D eigenvalue weighted by Gasteiger charge is -1.94. The van der Waals surface area contributed by atoms with E-state index in [0.29, 0.717) is 39.6 Å². The first kappa shape index (κ1) is 18.7. The Labute approximate surface area is 129 Å². The minimum Gasteiger partial charge on any atom is -0.394 e. The van der Waals surface area contributed by atoms with Gasteiger partial charge in [-0.3, -0.25) is 0 Å². The lowest BCUT2D eigenvalue weighted by Crippen LogP contribution is -2.03. The van der Waals surface area contributed by atoms with Crippen molar-refractivity contribution in [3.63, 3.8) is 0 Å². The van der Waals surface area contributed by atoms with Gasteiger partial charge in [-0.2, -0.15) is 0 Å². The maximum absolute atomic E-state index is 8.15. The number of hydrogen-bond acceptors (Lipinski definition) is 9. The standard InChI is InChI=1S/3C4H10O3/c3*5-1-3-7-4-2-6/h3*5-6H,1-4H2/i5T,6T;5T;. The Balaban J connectivity index is -0.000000278. The number of hydrogen-bond donors (Lipinski definition) is 6. The molecule has 0 bridgehead atoms. The second-order valence-electron chi connectivity index (χ2n) is 3.12. The molecule has 132 valence electrons. The van der Waals surface area contributed by atoms with Crippen molar-refractivity contribution < 1.29 is 44.9 Å². The van der Waals surface area contributed by atoms with E-state index < -0.39 is 0 Å². The van der Waals surface area contributed by atoms with E-state index in [9.17, 15) is 0 Å². The highest BCUT2D eigenvalue weighted by molar-refractivity contribution is 4.25. The topological polar surface area (TPSA) is 149 Å². The first-order valence-electron chi connectivity index (χ1n) is 7.77. The summed E-state index contributed by atoms with van der Waals surface area (Å²) in [6.45, 7) is 2.97. The Morgan fingerprint density at radius 3 is 0.905 bits per heavy atom. The summed E-state index contributed by atoms with van der Waals surface area (Å²) in [5, 5.41) is 36.2. The van der Waals surface area contributed by atoms with Gasteiger partial charge in [0, 0.05) is 0 Å². The highest BCUT2D eigenvalue weighted by Crippen LogP contribution is 1.69. The second kappa shape index (κ2) is 31.8. The fraction of sp³-hybridized carbons (Fsp3) is 1.00. The SMILES string of the molecule is OCCOCCO.[3H]OCCOCCO.[3H]OCCOCCO[3H]. The molecule has 0 unspecified atom stereocenters. The summed E-state index contributed by atoms with van der Waals surface area (Å²) >= 11 is 0. The van der Waals surface area contributed by atoms with E-state index in [1.54, 1.807) is 0 Å².